The topological polar surface area (TPSA) is 84.3 Å². The lowest BCUT2D eigenvalue weighted by Crippen LogP contribution is -2.35. The highest BCUT2D eigenvalue weighted by Gasteiger charge is 2.28. The van der Waals surface area contributed by atoms with Gasteiger partial charge in [0.1, 0.15) is 11.5 Å². The number of sulfonamides is 1. The van der Waals surface area contributed by atoms with Crippen molar-refractivity contribution in [3.8, 4) is 16.9 Å². The number of aryl methyl sites for hydroxylation is 1. The molecule has 0 unspecified atom stereocenters. The molecule has 1 saturated heterocycles. The van der Waals surface area contributed by atoms with Crippen molar-refractivity contribution in [3.05, 3.63) is 71.7 Å². The number of carbonyl (C=O) groups excluding carboxylic acids is 1. The van der Waals surface area contributed by atoms with Crippen molar-refractivity contribution in [3.63, 3.8) is 0 Å². The molecule has 1 fully saturated rings. The molecule has 4 rings (SSSR count). The van der Waals surface area contributed by atoms with E-state index in [9.17, 15) is 17.6 Å². The van der Waals surface area contributed by atoms with Crippen LogP contribution >= 0.6 is 0 Å². The first-order chi connectivity index (χ1) is 14.8. The number of aromatic nitrogens is 2. The highest BCUT2D eigenvalue weighted by atomic mass is 32.2. The third-order valence-electron chi connectivity index (χ3n) is 5.22. The zero-order valence-corrected chi connectivity index (χ0v) is 17.9. The van der Waals surface area contributed by atoms with Crippen LogP contribution in [0.5, 0.6) is 0 Å². The molecule has 1 N–H and O–H groups in total. The molecule has 0 radical (unpaired) electrons. The summed E-state index contributed by atoms with van der Waals surface area (Å²) in [7, 11) is -3.21. The zero-order valence-electron chi connectivity index (χ0n) is 17.1. The smallest absolute Gasteiger partial charge is 0.255 e. The van der Waals surface area contributed by atoms with Crippen LogP contribution in [0.15, 0.2) is 54.7 Å². The van der Waals surface area contributed by atoms with Crippen LogP contribution in [0.1, 0.15) is 22.3 Å². The van der Waals surface area contributed by atoms with E-state index in [-0.39, 0.29) is 30.6 Å². The fourth-order valence-corrected chi connectivity index (χ4v) is 5.05. The molecule has 0 atom stereocenters. The van der Waals surface area contributed by atoms with Crippen molar-refractivity contribution in [2.75, 3.05) is 25.4 Å². The molecular weight excluding hydrogens is 419 g/mol. The van der Waals surface area contributed by atoms with Crippen LogP contribution in [0.4, 0.5) is 4.39 Å². The van der Waals surface area contributed by atoms with E-state index in [0.29, 0.717) is 29.9 Å². The summed E-state index contributed by atoms with van der Waals surface area (Å²) >= 11 is 0. The van der Waals surface area contributed by atoms with Gasteiger partial charge in [0.05, 0.1) is 17.0 Å². The van der Waals surface area contributed by atoms with Crippen LogP contribution in [0.3, 0.4) is 0 Å². The van der Waals surface area contributed by atoms with Crippen molar-refractivity contribution in [1.29, 1.82) is 0 Å². The summed E-state index contributed by atoms with van der Waals surface area (Å²) in [5.41, 5.74) is 3.34. The fourth-order valence-electron chi connectivity index (χ4n) is 3.52. The third kappa shape index (κ3) is 4.67. The maximum absolute atomic E-state index is 13.3. The predicted octanol–water partition coefficient (Wildman–Crippen LogP) is 2.75. The Labute approximate surface area is 180 Å². The first kappa shape index (κ1) is 21.2. The summed E-state index contributed by atoms with van der Waals surface area (Å²) < 4.78 is 40.1. The van der Waals surface area contributed by atoms with Gasteiger partial charge >= 0.3 is 0 Å². The van der Waals surface area contributed by atoms with E-state index >= 15 is 0 Å². The van der Waals surface area contributed by atoms with Crippen molar-refractivity contribution in [2.45, 2.75) is 13.3 Å². The Morgan fingerprint density at radius 2 is 1.84 bits per heavy atom. The van der Waals surface area contributed by atoms with Gasteiger partial charge in [-0.3, -0.25) is 4.79 Å². The SMILES string of the molecule is Cc1ccc(-c2nn(-c3ccc(F)cc3)cc2C(=O)NCCN2CCCS2(=O)=O)cc1. The second-order valence-corrected chi connectivity index (χ2v) is 9.59. The van der Waals surface area contributed by atoms with Crippen LogP contribution in [-0.4, -0.2) is 53.8 Å². The minimum Gasteiger partial charge on any atom is -0.351 e. The molecule has 2 heterocycles. The van der Waals surface area contributed by atoms with Crippen LogP contribution in [0.25, 0.3) is 16.9 Å². The second-order valence-electron chi connectivity index (χ2n) is 7.50. The summed E-state index contributed by atoms with van der Waals surface area (Å²) in [5.74, 6) is -0.548. The van der Waals surface area contributed by atoms with Crippen molar-refractivity contribution in [2.24, 2.45) is 0 Å². The Morgan fingerprint density at radius 1 is 1.13 bits per heavy atom. The van der Waals surface area contributed by atoms with Crippen LogP contribution in [0, 0.1) is 12.7 Å². The Bertz CT molecular complexity index is 1190. The Balaban J connectivity index is 1.59. The monoisotopic (exact) mass is 442 g/mol. The van der Waals surface area contributed by atoms with Gasteiger partial charge in [0.25, 0.3) is 5.91 Å². The molecule has 1 aliphatic rings. The number of carbonyl (C=O) groups is 1. The van der Waals surface area contributed by atoms with Gasteiger partial charge in [-0.1, -0.05) is 29.8 Å². The lowest BCUT2D eigenvalue weighted by atomic mass is 10.1. The molecule has 1 aromatic heterocycles. The number of amides is 1. The van der Waals surface area contributed by atoms with Gasteiger partial charge in [0.15, 0.2) is 0 Å². The van der Waals surface area contributed by atoms with Crippen molar-refractivity contribution in [1.82, 2.24) is 19.4 Å². The molecule has 1 amide bonds. The predicted molar refractivity (Wildman–Crippen MR) is 116 cm³/mol. The summed E-state index contributed by atoms with van der Waals surface area (Å²) in [6, 6.07) is 13.5. The van der Waals surface area contributed by atoms with E-state index in [2.05, 4.69) is 10.4 Å². The van der Waals surface area contributed by atoms with E-state index < -0.39 is 10.0 Å². The Morgan fingerprint density at radius 3 is 2.48 bits per heavy atom. The van der Waals surface area contributed by atoms with E-state index in [1.54, 1.807) is 18.3 Å². The minimum absolute atomic E-state index is 0.156. The number of hydrogen-bond acceptors (Lipinski definition) is 4. The van der Waals surface area contributed by atoms with E-state index in [0.717, 1.165) is 11.1 Å². The molecule has 9 heteroatoms. The Hall–Kier alpha value is -3.04. The molecular formula is C22H23FN4O3S. The molecule has 1 aliphatic heterocycles. The highest BCUT2D eigenvalue weighted by Crippen LogP contribution is 2.24. The standard InChI is InChI=1S/C22H23FN4O3S/c1-16-3-5-17(6-4-16)21-20(15-27(25-21)19-9-7-18(23)8-10-19)22(28)24-11-13-26-12-2-14-31(26,29)30/h3-10,15H,2,11-14H2,1H3,(H,24,28). The number of nitrogens with zero attached hydrogens (tertiary/aromatic N) is 3. The lowest BCUT2D eigenvalue weighted by molar-refractivity contribution is 0.0952. The molecule has 162 valence electrons. The van der Waals surface area contributed by atoms with Crippen LogP contribution in [0.2, 0.25) is 0 Å². The molecule has 3 aromatic rings. The van der Waals surface area contributed by atoms with E-state index in [4.69, 9.17) is 0 Å². The maximum Gasteiger partial charge on any atom is 0.255 e. The number of nitrogens with one attached hydrogen (secondary N) is 1. The number of halogens is 1. The third-order valence-corrected chi connectivity index (χ3v) is 7.18. The average molecular weight is 443 g/mol. The number of hydrogen-bond donors (Lipinski definition) is 1. The summed E-state index contributed by atoms with van der Waals surface area (Å²) in [6.07, 6.45) is 2.21. The number of rotatable bonds is 6. The summed E-state index contributed by atoms with van der Waals surface area (Å²) in [4.78, 5) is 12.9. The Kier molecular flexibility index (Phi) is 5.88. The quantitative estimate of drug-likeness (QED) is 0.636. The van der Waals surface area contributed by atoms with Gasteiger partial charge in [-0.15, -0.1) is 0 Å². The highest BCUT2D eigenvalue weighted by molar-refractivity contribution is 7.89. The summed E-state index contributed by atoms with van der Waals surface area (Å²) in [5, 5.41) is 7.37. The van der Waals surface area contributed by atoms with Crippen molar-refractivity contribution >= 4 is 15.9 Å². The largest absolute Gasteiger partial charge is 0.351 e. The van der Waals surface area contributed by atoms with Crippen LogP contribution in [-0.2, 0) is 10.0 Å². The van der Waals surface area contributed by atoms with Gasteiger partial charge in [0.2, 0.25) is 10.0 Å². The maximum atomic E-state index is 13.3. The first-order valence-electron chi connectivity index (χ1n) is 10.0. The fraction of sp³-hybridized carbons (Fsp3) is 0.273. The van der Waals surface area contributed by atoms with Gasteiger partial charge in [-0.2, -0.15) is 5.10 Å². The van der Waals surface area contributed by atoms with Crippen molar-refractivity contribution < 1.29 is 17.6 Å². The molecule has 7 nitrogen and oxygen atoms in total. The lowest BCUT2D eigenvalue weighted by Gasteiger charge is -2.14. The first-order valence-corrected chi connectivity index (χ1v) is 11.6. The van der Waals surface area contributed by atoms with E-state index in [1.807, 2.05) is 31.2 Å². The molecule has 0 aliphatic carbocycles. The van der Waals surface area contributed by atoms with Gasteiger partial charge < -0.3 is 5.32 Å². The minimum atomic E-state index is -3.21. The molecule has 0 saturated carbocycles. The number of benzene rings is 2. The van der Waals surface area contributed by atoms with E-state index in [1.165, 1.54) is 21.1 Å². The average Bonchev–Trinajstić information content (AvgIpc) is 3.33. The van der Waals surface area contributed by atoms with Gasteiger partial charge in [0, 0.05) is 31.4 Å². The van der Waals surface area contributed by atoms with Crippen LogP contribution < -0.4 is 5.32 Å². The molecule has 2 aromatic carbocycles. The molecule has 31 heavy (non-hydrogen) atoms. The second kappa shape index (κ2) is 8.60. The molecule has 0 bridgehead atoms. The van der Waals surface area contributed by atoms with Gasteiger partial charge in [-0.05, 0) is 37.6 Å². The normalized spacial score (nSPS) is 15.8. The zero-order chi connectivity index (χ0) is 22.0. The molecule has 0 spiro atoms. The summed E-state index contributed by atoms with van der Waals surface area (Å²) in [6.45, 7) is 2.89. The van der Waals surface area contributed by atoms with Gasteiger partial charge in [-0.25, -0.2) is 21.8 Å².